The van der Waals surface area contributed by atoms with E-state index in [1.54, 1.807) is 6.20 Å². The summed E-state index contributed by atoms with van der Waals surface area (Å²) in [6, 6.07) is 3.80. The predicted octanol–water partition coefficient (Wildman–Crippen LogP) is 2.18. The lowest BCUT2D eigenvalue weighted by molar-refractivity contribution is 0.664. The van der Waals surface area contributed by atoms with Gasteiger partial charge >= 0.3 is 0 Å². The molecule has 0 atom stereocenters. The van der Waals surface area contributed by atoms with Crippen LogP contribution in [0.4, 0.5) is 5.82 Å². The van der Waals surface area contributed by atoms with E-state index in [9.17, 15) is 0 Å². The maximum Gasteiger partial charge on any atom is 0.154 e. The normalized spacial score (nSPS) is 10.7. The average Bonchev–Trinajstić information content (AvgIpc) is 2.50. The van der Waals surface area contributed by atoms with Crippen LogP contribution in [0.5, 0.6) is 0 Å². The minimum Gasteiger partial charge on any atom is -0.383 e. The van der Waals surface area contributed by atoms with Crippen molar-refractivity contribution in [3.63, 3.8) is 0 Å². The van der Waals surface area contributed by atoms with Crippen molar-refractivity contribution in [2.75, 3.05) is 5.73 Å². The fraction of sp³-hybridized carbons (Fsp3) is 0.273. The second-order valence-corrected chi connectivity index (χ2v) is 4.06. The second-order valence-electron chi connectivity index (χ2n) is 3.71. The Kier molecular flexibility index (Phi) is 2.83. The number of nitrogens with two attached hydrogens (primary N) is 1. The third-order valence-electron chi connectivity index (χ3n) is 2.69. The van der Waals surface area contributed by atoms with Gasteiger partial charge in [0.15, 0.2) is 5.15 Å². The second kappa shape index (κ2) is 4.14. The van der Waals surface area contributed by atoms with Gasteiger partial charge in [-0.25, -0.2) is 4.98 Å². The summed E-state index contributed by atoms with van der Waals surface area (Å²) in [4.78, 5) is 4.04. The number of rotatable bonds is 2. The maximum atomic E-state index is 5.96. The Balaban J connectivity index is 2.34. The number of halogens is 1. The van der Waals surface area contributed by atoms with Crippen LogP contribution in [0.25, 0.3) is 0 Å². The monoisotopic (exact) mass is 236 g/mol. The van der Waals surface area contributed by atoms with E-state index in [1.165, 1.54) is 0 Å². The lowest BCUT2D eigenvalue weighted by atomic mass is 10.2. The third-order valence-corrected chi connectivity index (χ3v) is 3.05. The lowest BCUT2D eigenvalue weighted by Crippen LogP contribution is -2.07. The zero-order valence-corrected chi connectivity index (χ0v) is 9.99. The minimum absolute atomic E-state index is 0.533. The molecule has 0 unspecified atom stereocenters. The molecule has 2 aromatic rings. The molecule has 0 fully saturated rings. The Morgan fingerprint density at radius 2 is 2.19 bits per heavy atom. The molecule has 84 valence electrons. The maximum absolute atomic E-state index is 5.96. The van der Waals surface area contributed by atoms with Crippen molar-refractivity contribution in [1.82, 2.24) is 14.8 Å². The topological polar surface area (TPSA) is 56.7 Å². The molecule has 2 N–H and O–H groups in total. The molecule has 2 rings (SSSR count). The summed E-state index contributed by atoms with van der Waals surface area (Å²) in [5, 5.41) is 4.79. The molecular formula is C11H13ClN4. The Bertz CT molecular complexity index is 519. The smallest absolute Gasteiger partial charge is 0.154 e. The largest absolute Gasteiger partial charge is 0.383 e. The van der Waals surface area contributed by atoms with Gasteiger partial charge in [-0.3, -0.25) is 4.68 Å². The molecule has 0 bridgehead atoms. The van der Waals surface area contributed by atoms with E-state index in [1.807, 2.05) is 30.7 Å². The summed E-state index contributed by atoms with van der Waals surface area (Å²) in [5.74, 6) is 0.533. The highest BCUT2D eigenvalue weighted by Gasteiger charge is 2.10. The van der Waals surface area contributed by atoms with Gasteiger partial charge in [-0.05, 0) is 19.9 Å². The van der Waals surface area contributed by atoms with Crippen molar-refractivity contribution in [2.45, 2.75) is 20.4 Å². The van der Waals surface area contributed by atoms with Crippen molar-refractivity contribution < 1.29 is 0 Å². The van der Waals surface area contributed by atoms with Crippen molar-refractivity contribution in [1.29, 1.82) is 0 Å². The fourth-order valence-corrected chi connectivity index (χ4v) is 1.73. The molecule has 0 radical (unpaired) electrons. The van der Waals surface area contributed by atoms with Crippen LogP contribution in [-0.2, 0) is 6.54 Å². The Morgan fingerprint density at radius 3 is 2.75 bits per heavy atom. The molecule has 0 aliphatic carbocycles. The number of pyridine rings is 1. The first kappa shape index (κ1) is 11.0. The van der Waals surface area contributed by atoms with Gasteiger partial charge in [0, 0.05) is 23.0 Å². The van der Waals surface area contributed by atoms with E-state index in [0.29, 0.717) is 17.5 Å². The van der Waals surface area contributed by atoms with Gasteiger partial charge in [-0.2, -0.15) is 5.10 Å². The van der Waals surface area contributed by atoms with E-state index in [4.69, 9.17) is 17.3 Å². The first-order chi connectivity index (χ1) is 7.59. The zero-order valence-electron chi connectivity index (χ0n) is 9.24. The predicted molar refractivity (Wildman–Crippen MR) is 64.5 cm³/mol. The Labute approximate surface area is 99.1 Å². The minimum atomic E-state index is 0.533. The molecule has 2 heterocycles. The van der Waals surface area contributed by atoms with E-state index >= 15 is 0 Å². The molecule has 0 amide bonds. The van der Waals surface area contributed by atoms with Crippen LogP contribution in [0.1, 0.15) is 16.8 Å². The van der Waals surface area contributed by atoms with Crippen molar-refractivity contribution in [2.24, 2.45) is 0 Å². The molecule has 0 aliphatic heterocycles. The first-order valence-electron chi connectivity index (χ1n) is 4.98. The van der Waals surface area contributed by atoms with E-state index in [-0.39, 0.29) is 0 Å². The van der Waals surface area contributed by atoms with E-state index in [0.717, 1.165) is 16.8 Å². The van der Waals surface area contributed by atoms with Gasteiger partial charge in [0.05, 0.1) is 6.54 Å². The molecular weight excluding hydrogens is 224 g/mol. The number of nitrogens with zero attached hydrogens (tertiary/aromatic N) is 3. The highest BCUT2D eigenvalue weighted by atomic mass is 35.5. The number of hydrogen-bond acceptors (Lipinski definition) is 3. The van der Waals surface area contributed by atoms with Crippen LogP contribution in [0.2, 0.25) is 5.15 Å². The molecule has 2 aromatic heterocycles. The molecule has 0 saturated heterocycles. The first-order valence-corrected chi connectivity index (χ1v) is 5.36. The number of anilines is 1. The number of hydrogen-bond donors (Lipinski definition) is 1. The summed E-state index contributed by atoms with van der Waals surface area (Å²) in [7, 11) is 0. The summed E-state index contributed by atoms with van der Waals surface area (Å²) in [6.07, 6.45) is 1.67. The standard InChI is InChI=1S/C11H13ClN4/c1-7-8(2)16(15-10(7)12)6-9-4-3-5-14-11(9)13/h3-5H,6H2,1-2H3,(H2,13,14). The van der Waals surface area contributed by atoms with Crippen molar-refractivity contribution in [3.05, 3.63) is 40.3 Å². The zero-order chi connectivity index (χ0) is 11.7. The number of aromatic nitrogens is 3. The molecule has 4 nitrogen and oxygen atoms in total. The summed E-state index contributed by atoms with van der Waals surface area (Å²) in [5.41, 5.74) is 8.78. The van der Waals surface area contributed by atoms with Crippen LogP contribution in [0, 0.1) is 13.8 Å². The molecule has 5 heteroatoms. The van der Waals surface area contributed by atoms with Gasteiger partial charge in [-0.1, -0.05) is 17.7 Å². The highest BCUT2D eigenvalue weighted by molar-refractivity contribution is 6.30. The van der Waals surface area contributed by atoms with Gasteiger partial charge in [-0.15, -0.1) is 0 Å². The number of nitrogen functional groups attached to an aromatic ring is 1. The van der Waals surface area contributed by atoms with Crippen LogP contribution in [-0.4, -0.2) is 14.8 Å². The van der Waals surface area contributed by atoms with Crippen molar-refractivity contribution in [3.8, 4) is 0 Å². The highest BCUT2D eigenvalue weighted by Crippen LogP contribution is 2.19. The molecule has 0 aromatic carbocycles. The molecule has 0 aliphatic rings. The van der Waals surface area contributed by atoms with Gasteiger partial charge in [0.25, 0.3) is 0 Å². The summed E-state index contributed by atoms with van der Waals surface area (Å²) < 4.78 is 1.84. The molecule has 16 heavy (non-hydrogen) atoms. The Morgan fingerprint density at radius 1 is 1.44 bits per heavy atom. The Hall–Kier alpha value is -1.55. The van der Waals surface area contributed by atoms with E-state index in [2.05, 4.69) is 10.1 Å². The SMILES string of the molecule is Cc1c(Cl)nn(Cc2cccnc2N)c1C. The lowest BCUT2D eigenvalue weighted by Gasteiger charge is -2.06. The van der Waals surface area contributed by atoms with E-state index < -0.39 is 0 Å². The third kappa shape index (κ3) is 1.88. The van der Waals surface area contributed by atoms with Crippen LogP contribution < -0.4 is 5.73 Å². The van der Waals surface area contributed by atoms with Crippen LogP contribution in [0.15, 0.2) is 18.3 Å². The quantitative estimate of drug-likeness (QED) is 0.870. The van der Waals surface area contributed by atoms with Crippen LogP contribution in [0.3, 0.4) is 0 Å². The summed E-state index contributed by atoms with van der Waals surface area (Å²) in [6.45, 7) is 4.54. The fourth-order valence-electron chi connectivity index (χ4n) is 1.50. The van der Waals surface area contributed by atoms with Gasteiger partial charge in [0.1, 0.15) is 5.82 Å². The van der Waals surface area contributed by atoms with Crippen molar-refractivity contribution >= 4 is 17.4 Å². The van der Waals surface area contributed by atoms with Gasteiger partial charge in [0.2, 0.25) is 0 Å². The summed E-state index contributed by atoms with van der Waals surface area (Å²) >= 11 is 5.96. The molecule has 0 saturated carbocycles. The molecule has 0 spiro atoms. The van der Waals surface area contributed by atoms with Crippen LogP contribution >= 0.6 is 11.6 Å². The average molecular weight is 237 g/mol. The van der Waals surface area contributed by atoms with Gasteiger partial charge < -0.3 is 5.73 Å².